The van der Waals surface area contributed by atoms with Crippen LogP contribution in [0.3, 0.4) is 0 Å². The third-order valence-electron chi connectivity index (χ3n) is 9.73. The van der Waals surface area contributed by atoms with E-state index >= 15 is 0 Å². The third-order valence-corrected chi connectivity index (χ3v) is 11.9. The van der Waals surface area contributed by atoms with Crippen LogP contribution in [-0.2, 0) is 24.1 Å². The molecule has 0 spiro atoms. The monoisotopic (exact) mass is 785 g/mol. The number of hydrogen-bond acceptors (Lipinski definition) is 11. The van der Waals surface area contributed by atoms with Crippen molar-refractivity contribution in [2.45, 2.75) is 55.6 Å². The first-order chi connectivity index (χ1) is 27.1. The summed E-state index contributed by atoms with van der Waals surface area (Å²) in [5, 5.41) is 21.1. The molecule has 0 amide bonds. The van der Waals surface area contributed by atoms with E-state index in [9.17, 15) is 5.26 Å². The number of nitrogens with one attached hydrogen (secondary N) is 2. The number of methoxy groups -OCH3 is 2. The van der Waals surface area contributed by atoms with Gasteiger partial charge in [-0.25, -0.2) is 4.99 Å². The molecule has 2 unspecified atom stereocenters. The van der Waals surface area contributed by atoms with E-state index in [1.807, 2.05) is 102 Å². The summed E-state index contributed by atoms with van der Waals surface area (Å²) in [6.07, 6.45) is 4.52. The standard InChI is InChI=1S/C42H56N7O6P/c1-47(2)41(48(3)4)56(53-28-12-25-43)55-36-29-40(45-26-24-38(44)46-39-15-11-27-49(39)5)54-37(36)30-52-42(31-13-9-8-10-14-31,32-16-20-34(50-6)21-17-32)33-18-22-35(51-7)23-19-33/h8-10,13-14,16-24,26,36-37,40-41,44-45H,11-12,15,27-30H2,1-7H3/b26-24-,44-38?,46-39-/t36?,37-,40-,56?/m1/s1. The quantitative estimate of drug-likeness (QED) is 0.0351. The second kappa shape index (κ2) is 20.7. The van der Waals surface area contributed by atoms with Crippen LogP contribution in [0.25, 0.3) is 0 Å². The number of aliphatic imine (C=N–C) groups is 1. The molecule has 3 aromatic rings. The molecular formula is C42H56N7O6P. The summed E-state index contributed by atoms with van der Waals surface area (Å²) in [6.45, 7) is 1.33. The molecule has 2 aliphatic heterocycles. The molecule has 0 aromatic heterocycles. The lowest BCUT2D eigenvalue weighted by molar-refractivity contribution is -0.0822. The molecule has 0 radical (unpaired) electrons. The summed E-state index contributed by atoms with van der Waals surface area (Å²) in [5.41, 5.74) is 1.67. The summed E-state index contributed by atoms with van der Waals surface area (Å²) in [4.78, 5) is 10.7. The Morgan fingerprint density at radius 3 is 2.14 bits per heavy atom. The Morgan fingerprint density at radius 1 is 1.00 bits per heavy atom. The second-order valence-corrected chi connectivity index (χ2v) is 15.6. The average molecular weight is 786 g/mol. The predicted octanol–water partition coefficient (Wildman–Crippen LogP) is 6.37. The molecule has 14 heteroatoms. The van der Waals surface area contributed by atoms with E-state index in [4.69, 9.17) is 33.4 Å². The van der Waals surface area contributed by atoms with Gasteiger partial charge in [0.05, 0.1) is 46.0 Å². The molecule has 0 aliphatic carbocycles. The summed E-state index contributed by atoms with van der Waals surface area (Å²) >= 11 is 0. The fraction of sp³-hybridized carbons (Fsp3) is 0.452. The van der Waals surface area contributed by atoms with E-state index < -0.39 is 32.4 Å². The van der Waals surface area contributed by atoms with Gasteiger partial charge in [-0.05, 0) is 81.6 Å². The molecule has 300 valence electrons. The molecule has 56 heavy (non-hydrogen) atoms. The Balaban J connectivity index is 1.50. The maximum absolute atomic E-state index is 9.32. The number of benzene rings is 3. The van der Waals surface area contributed by atoms with Gasteiger partial charge >= 0.3 is 0 Å². The maximum Gasteiger partial charge on any atom is 0.205 e. The van der Waals surface area contributed by atoms with Gasteiger partial charge in [-0.2, -0.15) is 5.26 Å². The van der Waals surface area contributed by atoms with Crippen molar-refractivity contribution in [1.29, 1.82) is 10.7 Å². The van der Waals surface area contributed by atoms with Gasteiger partial charge in [0.2, 0.25) is 8.38 Å². The molecule has 2 N–H and O–H groups in total. The first-order valence-corrected chi connectivity index (χ1v) is 20.1. The zero-order chi connectivity index (χ0) is 40.1. The fourth-order valence-corrected chi connectivity index (χ4v) is 8.83. The van der Waals surface area contributed by atoms with E-state index in [-0.39, 0.29) is 31.4 Å². The number of hydrogen-bond donors (Lipinski definition) is 2. The normalized spacial score (nSPS) is 20.0. The van der Waals surface area contributed by atoms with Crippen LogP contribution < -0.4 is 14.8 Å². The van der Waals surface area contributed by atoms with E-state index in [0.717, 1.165) is 53.4 Å². The van der Waals surface area contributed by atoms with Gasteiger partial charge in [0.15, 0.2) is 0 Å². The van der Waals surface area contributed by atoms with Crippen molar-refractivity contribution in [3.63, 3.8) is 0 Å². The van der Waals surface area contributed by atoms with Gasteiger partial charge in [-0.1, -0.05) is 54.6 Å². The molecule has 2 heterocycles. The number of nitrogens with zero attached hydrogens (tertiary/aromatic N) is 5. The van der Waals surface area contributed by atoms with Crippen molar-refractivity contribution < 1.29 is 28.0 Å². The molecule has 0 saturated carbocycles. The third kappa shape index (κ3) is 10.7. The van der Waals surface area contributed by atoms with Gasteiger partial charge in [0.1, 0.15) is 47.0 Å². The smallest absolute Gasteiger partial charge is 0.205 e. The van der Waals surface area contributed by atoms with E-state index in [2.05, 4.69) is 43.2 Å². The number of rotatable bonds is 19. The molecule has 5 rings (SSSR count). The minimum atomic E-state index is -1.55. The van der Waals surface area contributed by atoms with E-state index in [1.165, 1.54) is 0 Å². The molecule has 2 aliphatic rings. The zero-order valence-electron chi connectivity index (χ0n) is 33.6. The van der Waals surface area contributed by atoms with Crippen LogP contribution in [0.5, 0.6) is 11.5 Å². The molecule has 13 nitrogen and oxygen atoms in total. The minimum Gasteiger partial charge on any atom is -0.497 e. The van der Waals surface area contributed by atoms with E-state index in [1.54, 1.807) is 26.5 Å². The lowest BCUT2D eigenvalue weighted by Gasteiger charge is -2.38. The van der Waals surface area contributed by atoms with Crippen LogP contribution in [-0.4, -0.2) is 120 Å². The van der Waals surface area contributed by atoms with Crippen LogP contribution in [0.15, 0.2) is 96.1 Å². The molecule has 4 atom stereocenters. The predicted molar refractivity (Wildman–Crippen MR) is 220 cm³/mol. The Labute approximate surface area is 333 Å². The number of likely N-dealkylation sites (tertiary alicyclic amines) is 1. The summed E-state index contributed by atoms with van der Waals surface area (Å²) in [6, 6.07) is 28.2. The van der Waals surface area contributed by atoms with Gasteiger partial charge in [0.25, 0.3) is 0 Å². The second-order valence-electron chi connectivity index (χ2n) is 14.1. The van der Waals surface area contributed by atoms with Gasteiger partial charge < -0.3 is 38.2 Å². The first kappa shape index (κ1) is 42.8. The van der Waals surface area contributed by atoms with Crippen LogP contribution in [0.2, 0.25) is 0 Å². The first-order valence-electron chi connectivity index (χ1n) is 18.8. The van der Waals surface area contributed by atoms with Gasteiger partial charge in [0, 0.05) is 32.6 Å². The number of amidine groups is 2. The highest BCUT2D eigenvalue weighted by atomic mass is 31.2. The number of ether oxygens (including phenoxy) is 4. The topological polar surface area (TPSA) is 137 Å². The SMILES string of the molecule is COc1ccc(C(OC[C@H]2O[C@@H](N/C=C\C(=N)/N=C3/CCCN3C)CC2OP(OCCC#N)C(N(C)C)N(C)C)(c2ccccc2)c2ccc(OC)cc2)cc1. The fourth-order valence-electron chi connectivity index (χ4n) is 7.01. The maximum atomic E-state index is 9.32. The van der Waals surface area contributed by atoms with Crippen molar-refractivity contribution in [2.24, 2.45) is 4.99 Å². The van der Waals surface area contributed by atoms with Gasteiger partial charge in [-0.3, -0.25) is 15.2 Å². The van der Waals surface area contributed by atoms with Gasteiger partial charge in [-0.15, -0.1) is 0 Å². The highest BCUT2D eigenvalue weighted by Crippen LogP contribution is 2.49. The zero-order valence-corrected chi connectivity index (χ0v) is 34.4. The lowest BCUT2D eigenvalue weighted by atomic mass is 9.80. The van der Waals surface area contributed by atoms with Crippen molar-refractivity contribution in [3.8, 4) is 17.6 Å². The van der Waals surface area contributed by atoms with Crippen molar-refractivity contribution in [3.05, 3.63) is 108 Å². The molecule has 0 bridgehead atoms. The highest BCUT2D eigenvalue weighted by molar-refractivity contribution is 7.47. The Bertz CT molecular complexity index is 1730. The number of nitriles is 1. The minimum absolute atomic E-state index is 0.144. The Morgan fingerprint density at radius 2 is 1.61 bits per heavy atom. The van der Waals surface area contributed by atoms with Crippen LogP contribution in [0.4, 0.5) is 0 Å². The van der Waals surface area contributed by atoms with Crippen molar-refractivity contribution >= 4 is 20.0 Å². The molecular weight excluding hydrogens is 729 g/mol. The Hall–Kier alpha value is -4.38. The summed E-state index contributed by atoms with van der Waals surface area (Å²) < 4.78 is 38.3. The van der Waals surface area contributed by atoms with E-state index in [0.29, 0.717) is 6.42 Å². The van der Waals surface area contributed by atoms with Crippen LogP contribution in [0, 0.1) is 16.7 Å². The molecule has 2 fully saturated rings. The molecule has 2 saturated heterocycles. The van der Waals surface area contributed by atoms with Crippen LogP contribution >= 0.6 is 8.38 Å². The largest absolute Gasteiger partial charge is 0.497 e. The summed E-state index contributed by atoms with van der Waals surface area (Å²) in [7, 11) is 11.7. The average Bonchev–Trinajstić information content (AvgIpc) is 3.79. The molecule has 3 aromatic carbocycles. The highest BCUT2D eigenvalue weighted by Gasteiger charge is 2.44. The van der Waals surface area contributed by atoms with Crippen LogP contribution in [0.1, 0.15) is 42.4 Å². The van der Waals surface area contributed by atoms with Crippen molar-refractivity contribution in [1.82, 2.24) is 20.0 Å². The summed E-state index contributed by atoms with van der Waals surface area (Å²) in [5.74, 6) is 2.34. The lowest BCUT2D eigenvalue weighted by Crippen LogP contribution is -2.42. The van der Waals surface area contributed by atoms with Crippen molar-refractivity contribution in [2.75, 3.05) is 69.2 Å². The Kier molecular flexibility index (Phi) is 15.8.